The Bertz CT molecular complexity index is 682. The standard InChI is InChI=1S/C17H18N2O2/c18-7-8-19-17(21)11-5-6-14-12-3-1-2-4-13(12)16(10-20)15(14)9-11/h1-6,9,16,20H,7-8,10,18H2,(H,19,21). The molecule has 0 fully saturated rings. The van der Waals surface area contributed by atoms with Gasteiger partial charge in [-0.25, -0.2) is 0 Å². The highest BCUT2D eigenvalue weighted by atomic mass is 16.3. The smallest absolute Gasteiger partial charge is 0.251 e. The zero-order chi connectivity index (χ0) is 14.8. The fourth-order valence-electron chi connectivity index (χ4n) is 2.94. The van der Waals surface area contributed by atoms with Gasteiger partial charge in [-0.3, -0.25) is 4.79 Å². The maximum Gasteiger partial charge on any atom is 0.251 e. The highest BCUT2D eigenvalue weighted by Gasteiger charge is 2.28. The number of aliphatic hydroxyl groups is 1. The first kappa shape index (κ1) is 13.8. The molecule has 0 spiro atoms. The Balaban J connectivity index is 2.00. The van der Waals surface area contributed by atoms with Crippen LogP contribution in [0, 0.1) is 0 Å². The Morgan fingerprint density at radius 3 is 2.67 bits per heavy atom. The third-order valence-corrected chi connectivity index (χ3v) is 3.93. The molecule has 1 aliphatic carbocycles. The Kier molecular flexibility index (Phi) is 3.73. The van der Waals surface area contributed by atoms with Crippen molar-refractivity contribution in [3.8, 4) is 11.1 Å². The van der Waals surface area contributed by atoms with Gasteiger partial charge >= 0.3 is 0 Å². The van der Waals surface area contributed by atoms with Gasteiger partial charge in [0, 0.05) is 24.6 Å². The second kappa shape index (κ2) is 5.68. The molecule has 0 heterocycles. The van der Waals surface area contributed by atoms with Crippen molar-refractivity contribution in [1.82, 2.24) is 5.32 Å². The number of nitrogens with one attached hydrogen (secondary N) is 1. The van der Waals surface area contributed by atoms with E-state index in [1.807, 2.05) is 36.4 Å². The lowest BCUT2D eigenvalue weighted by molar-refractivity contribution is 0.0954. The topological polar surface area (TPSA) is 75.3 Å². The van der Waals surface area contributed by atoms with Crippen LogP contribution in [0.25, 0.3) is 11.1 Å². The van der Waals surface area contributed by atoms with Crippen molar-refractivity contribution < 1.29 is 9.90 Å². The second-order valence-corrected chi connectivity index (χ2v) is 5.17. The molecule has 0 saturated heterocycles. The molecule has 1 aliphatic rings. The number of nitrogens with two attached hydrogens (primary N) is 1. The molecule has 1 unspecified atom stereocenters. The van der Waals surface area contributed by atoms with Crippen LogP contribution < -0.4 is 11.1 Å². The van der Waals surface area contributed by atoms with Crippen molar-refractivity contribution in [3.63, 3.8) is 0 Å². The van der Waals surface area contributed by atoms with Crippen molar-refractivity contribution >= 4 is 5.91 Å². The molecule has 0 radical (unpaired) electrons. The Labute approximate surface area is 123 Å². The average molecular weight is 282 g/mol. The maximum absolute atomic E-state index is 12.0. The van der Waals surface area contributed by atoms with E-state index in [4.69, 9.17) is 5.73 Å². The molecule has 0 aliphatic heterocycles. The van der Waals surface area contributed by atoms with Crippen LogP contribution in [0.3, 0.4) is 0 Å². The summed E-state index contributed by atoms with van der Waals surface area (Å²) in [4.78, 5) is 12.0. The van der Waals surface area contributed by atoms with Crippen LogP contribution in [-0.2, 0) is 0 Å². The molecule has 3 rings (SSSR count). The van der Waals surface area contributed by atoms with Crippen LogP contribution in [-0.4, -0.2) is 30.7 Å². The summed E-state index contributed by atoms with van der Waals surface area (Å²) in [5, 5.41) is 12.5. The number of benzene rings is 2. The van der Waals surface area contributed by atoms with Gasteiger partial charge in [0.15, 0.2) is 0 Å². The first-order valence-corrected chi connectivity index (χ1v) is 7.08. The maximum atomic E-state index is 12.0. The van der Waals surface area contributed by atoms with E-state index >= 15 is 0 Å². The van der Waals surface area contributed by atoms with Gasteiger partial charge in [-0.2, -0.15) is 0 Å². The first-order chi connectivity index (χ1) is 10.3. The van der Waals surface area contributed by atoms with Crippen molar-refractivity contribution in [3.05, 3.63) is 59.2 Å². The monoisotopic (exact) mass is 282 g/mol. The number of fused-ring (bicyclic) bond motifs is 3. The number of aliphatic hydroxyl groups excluding tert-OH is 1. The van der Waals surface area contributed by atoms with E-state index in [9.17, 15) is 9.90 Å². The molecular formula is C17H18N2O2. The summed E-state index contributed by atoms with van der Waals surface area (Å²) >= 11 is 0. The summed E-state index contributed by atoms with van der Waals surface area (Å²) in [5.41, 5.74) is 10.4. The number of hydrogen-bond acceptors (Lipinski definition) is 3. The van der Waals surface area contributed by atoms with Crippen LogP contribution in [0.2, 0.25) is 0 Å². The van der Waals surface area contributed by atoms with Crippen molar-refractivity contribution in [2.45, 2.75) is 5.92 Å². The molecule has 2 aromatic rings. The number of carbonyl (C=O) groups is 1. The van der Waals surface area contributed by atoms with E-state index < -0.39 is 0 Å². The third kappa shape index (κ3) is 2.33. The van der Waals surface area contributed by atoms with Crippen LogP contribution in [0.4, 0.5) is 0 Å². The molecular weight excluding hydrogens is 264 g/mol. The quantitative estimate of drug-likeness (QED) is 0.795. The predicted octanol–water partition coefficient (Wildman–Crippen LogP) is 1.48. The largest absolute Gasteiger partial charge is 0.395 e. The highest BCUT2D eigenvalue weighted by molar-refractivity contribution is 5.96. The van der Waals surface area contributed by atoms with Crippen molar-refractivity contribution in [2.75, 3.05) is 19.7 Å². The van der Waals surface area contributed by atoms with E-state index in [1.165, 1.54) is 0 Å². The van der Waals surface area contributed by atoms with Gasteiger partial charge in [-0.15, -0.1) is 0 Å². The van der Waals surface area contributed by atoms with Crippen molar-refractivity contribution in [2.24, 2.45) is 5.73 Å². The number of carbonyl (C=O) groups excluding carboxylic acids is 1. The first-order valence-electron chi connectivity index (χ1n) is 7.08. The van der Waals surface area contributed by atoms with Crippen LogP contribution in [0.5, 0.6) is 0 Å². The Morgan fingerprint density at radius 2 is 1.90 bits per heavy atom. The fourth-order valence-corrected chi connectivity index (χ4v) is 2.94. The van der Waals surface area contributed by atoms with Gasteiger partial charge in [0.2, 0.25) is 0 Å². The zero-order valence-electron chi connectivity index (χ0n) is 11.7. The summed E-state index contributed by atoms with van der Waals surface area (Å²) in [6.07, 6.45) is 0. The fraction of sp³-hybridized carbons (Fsp3) is 0.235. The van der Waals surface area contributed by atoms with Gasteiger partial charge in [-0.1, -0.05) is 30.3 Å². The molecule has 4 heteroatoms. The van der Waals surface area contributed by atoms with E-state index in [2.05, 4.69) is 11.4 Å². The molecule has 0 bridgehead atoms. The van der Waals surface area contributed by atoms with Gasteiger partial charge in [0.05, 0.1) is 6.61 Å². The summed E-state index contributed by atoms with van der Waals surface area (Å²) in [5.74, 6) is -0.186. The third-order valence-electron chi connectivity index (χ3n) is 3.93. The van der Waals surface area contributed by atoms with Crippen molar-refractivity contribution in [1.29, 1.82) is 0 Å². The summed E-state index contributed by atoms with van der Waals surface area (Å²) in [7, 11) is 0. The zero-order valence-corrected chi connectivity index (χ0v) is 11.7. The molecule has 21 heavy (non-hydrogen) atoms. The van der Waals surface area contributed by atoms with Gasteiger partial charge in [-0.05, 0) is 34.4 Å². The van der Waals surface area contributed by atoms with Gasteiger partial charge in [0.1, 0.15) is 0 Å². The van der Waals surface area contributed by atoms with E-state index in [0.717, 1.165) is 22.3 Å². The normalized spacial score (nSPS) is 15.4. The minimum atomic E-state index is -0.129. The lowest BCUT2D eigenvalue weighted by Gasteiger charge is -2.11. The van der Waals surface area contributed by atoms with Crippen LogP contribution in [0.1, 0.15) is 27.4 Å². The SMILES string of the molecule is NCCNC(=O)c1ccc2c(c1)C(CO)c1ccccc1-2. The second-order valence-electron chi connectivity index (χ2n) is 5.17. The molecule has 1 atom stereocenters. The summed E-state index contributed by atoms with van der Waals surface area (Å²) < 4.78 is 0. The summed E-state index contributed by atoms with van der Waals surface area (Å²) in [6, 6.07) is 13.7. The lowest BCUT2D eigenvalue weighted by Crippen LogP contribution is -2.29. The van der Waals surface area contributed by atoms with E-state index in [0.29, 0.717) is 18.7 Å². The van der Waals surface area contributed by atoms with Gasteiger partial charge < -0.3 is 16.2 Å². The predicted molar refractivity (Wildman–Crippen MR) is 82.2 cm³/mol. The molecule has 0 aromatic heterocycles. The molecule has 4 nitrogen and oxygen atoms in total. The number of rotatable bonds is 4. The Morgan fingerprint density at radius 1 is 1.14 bits per heavy atom. The minimum absolute atomic E-state index is 0.0396. The van der Waals surface area contributed by atoms with Crippen LogP contribution >= 0.6 is 0 Å². The molecule has 108 valence electrons. The highest BCUT2D eigenvalue weighted by Crippen LogP contribution is 2.44. The number of amides is 1. The Hall–Kier alpha value is -2.17. The lowest BCUT2D eigenvalue weighted by atomic mass is 9.96. The van der Waals surface area contributed by atoms with Gasteiger partial charge in [0.25, 0.3) is 5.91 Å². The molecule has 2 aromatic carbocycles. The average Bonchev–Trinajstić information content (AvgIpc) is 2.85. The minimum Gasteiger partial charge on any atom is -0.395 e. The molecule has 0 saturated carbocycles. The van der Waals surface area contributed by atoms with E-state index in [-0.39, 0.29) is 18.4 Å². The van der Waals surface area contributed by atoms with E-state index in [1.54, 1.807) is 0 Å². The number of hydrogen-bond donors (Lipinski definition) is 3. The molecule has 1 amide bonds. The van der Waals surface area contributed by atoms with Crippen LogP contribution in [0.15, 0.2) is 42.5 Å². The molecule has 4 N–H and O–H groups in total. The summed E-state index contributed by atoms with van der Waals surface area (Å²) in [6.45, 7) is 0.916.